The number of methoxy groups -OCH3 is 3. The summed E-state index contributed by atoms with van der Waals surface area (Å²) in [5.74, 6) is 2.66. The van der Waals surface area contributed by atoms with Crippen LogP contribution in [0, 0.1) is 0 Å². The maximum atomic E-state index is 11.2. The molecule has 6 aromatic rings. The summed E-state index contributed by atoms with van der Waals surface area (Å²) in [6.07, 6.45) is 2.67. The molecule has 3 aliphatic heterocycles. The van der Waals surface area contributed by atoms with Crippen molar-refractivity contribution in [1.29, 1.82) is 0 Å². The van der Waals surface area contributed by atoms with Crippen molar-refractivity contribution >= 4 is 86.7 Å². The highest BCUT2D eigenvalue weighted by Gasteiger charge is 2.52. The fourth-order valence-electron chi connectivity index (χ4n) is 5.95. The fraction of sp³-hybridized carbons (Fsp3) is 0.293. The Balaban J connectivity index is 0.000000131. The lowest BCUT2D eigenvalue weighted by Gasteiger charge is -2.32. The molecule has 11 nitrogen and oxygen atoms in total. The second kappa shape index (κ2) is 17.3. The van der Waals surface area contributed by atoms with Gasteiger partial charge in [0.05, 0.1) is 55.6 Å². The van der Waals surface area contributed by atoms with Crippen molar-refractivity contribution in [3.8, 4) is 28.7 Å². The second-order valence-electron chi connectivity index (χ2n) is 13.8. The molecule has 0 spiro atoms. The molecule has 5 heterocycles. The van der Waals surface area contributed by atoms with Gasteiger partial charge >= 0.3 is 7.12 Å². The number of benzene rings is 4. The van der Waals surface area contributed by atoms with Gasteiger partial charge in [0.2, 0.25) is 5.78 Å². The van der Waals surface area contributed by atoms with Gasteiger partial charge in [-0.15, -0.1) is 0 Å². The minimum Gasteiger partial charge on any atom is -0.495 e. The molecule has 0 radical (unpaired) electrons. The Morgan fingerprint density at radius 1 is 0.649 bits per heavy atom. The molecule has 1 unspecified atom stereocenters. The van der Waals surface area contributed by atoms with Gasteiger partial charge < -0.3 is 46.9 Å². The van der Waals surface area contributed by atoms with E-state index in [4.69, 9.17) is 88.2 Å². The molecule has 1 fully saturated rings. The van der Waals surface area contributed by atoms with Crippen LogP contribution >= 0.6 is 46.4 Å². The highest BCUT2D eigenvalue weighted by molar-refractivity contribution is 6.66. The number of fused-ring (bicyclic) bond motifs is 4. The van der Waals surface area contributed by atoms with E-state index in [0.29, 0.717) is 65.6 Å². The molecule has 4 aromatic carbocycles. The number of Topliss-reactive ketones (excluding diaryl/α,β-unsaturated/α-hetero) is 1. The van der Waals surface area contributed by atoms with Crippen LogP contribution in [0.4, 0.5) is 0 Å². The Morgan fingerprint density at radius 2 is 1.16 bits per heavy atom. The van der Waals surface area contributed by atoms with Crippen molar-refractivity contribution in [2.75, 3.05) is 34.5 Å². The van der Waals surface area contributed by atoms with Gasteiger partial charge in [-0.3, -0.25) is 4.79 Å². The predicted octanol–water partition coefficient (Wildman–Crippen LogP) is 10.2. The summed E-state index contributed by atoms with van der Waals surface area (Å²) in [5, 5.41) is 13.3. The summed E-state index contributed by atoms with van der Waals surface area (Å²) in [7, 11) is 4.17. The Hall–Kier alpha value is -4.27. The number of carbonyl (C=O) groups is 1. The molecule has 1 saturated heterocycles. The molecule has 2 aromatic heterocycles. The van der Waals surface area contributed by atoms with E-state index in [0.717, 1.165) is 21.8 Å². The summed E-state index contributed by atoms with van der Waals surface area (Å²) in [4.78, 5) is 11.2. The number of halogens is 4. The van der Waals surface area contributed by atoms with Gasteiger partial charge in [-0.1, -0.05) is 58.5 Å². The molecule has 0 bridgehead atoms. The van der Waals surface area contributed by atoms with Gasteiger partial charge in [0.25, 0.3) is 0 Å². The van der Waals surface area contributed by atoms with Gasteiger partial charge in [0.15, 0.2) is 23.5 Å². The first-order valence-corrected chi connectivity index (χ1v) is 19.0. The number of rotatable bonds is 4. The van der Waals surface area contributed by atoms with Crippen molar-refractivity contribution in [2.45, 2.75) is 45.0 Å². The van der Waals surface area contributed by atoms with Gasteiger partial charge in [-0.25, -0.2) is 0 Å². The fourth-order valence-corrected chi connectivity index (χ4v) is 7.15. The van der Waals surface area contributed by atoms with E-state index in [9.17, 15) is 9.90 Å². The molecule has 300 valence electrons. The Labute approximate surface area is 349 Å². The van der Waals surface area contributed by atoms with Crippen molar-refractivity contribution in [1.82, 2.24) is 0 Å². The van der Waals surface area contributed by atoms with Gasteiger partial charge in [0, 0.05) is 21.8 Å². The Morgan fingerprint density at radius 3 is 1.75 bits per heavy atom. The van der Waals surface area contributed by atoms with Crippen molar-refractivity contribution < 1.29 is 51.7 Å². The molecule has 9 rings (SSSR count). The number of ketones is 1. The number of ether oxygens (including phenoxy) is 5. The van der Waals surface area contributed by atoms with Crippen LogP contribution in [-0.2, 0) is 9.31 Å². The summed E-state index contributed by atoms with van der Waals surface area (Å²) in [6, 6.07) is 18.2. The molecule has 1 N–H and O–H groups in total. The van der Waals surface area contributed by atoms with Crippen LogP contribution in [0.1, 0.15) is 49.7 Å². The SMILES string of the molecule is CC1(C)OB(c2ccc3ccoc3c2Cl)OC1(C)C.COc1ccc2c(c1Cl)OCC2=O.COc1ccc2c(c1Cl)OCC2O.COc1ccc2ccoc2c1Cl. The normalized spacial score (nSPS) is 16.9. The maximum absolute atomic E-state index is 11.2. The lowest BCUT2D eigenvalue weighted by molar-refractivity contribution is 0.00578. The van der Waals surface area contributed by atoms with Crippen LogP contribution in [-0.4, -0.2) is 63.8 Å². The standard InChI is InChI=1S/C14H16BClO3.C9H9ClO3.C9H7ClO3.C9H7ClO2/c1-13(2)14(3,4)19-15(18-13)10-6-5-9-7-8-17-12(9)11(10)16;2*1-12-7-3-2-5-6(11)4-13-9(5)8(7)10;1-11-7-3-2-6-4-5-12-9(6)8(7)10/h5-8H,1-4H3;2-3,6,11H,4H2,1H3;2-3H,4H2,1H3;2-5H,1H3. The Bertz CT molecular complexity index is 2390. The molecule has 0 amide bonds. The van der Waals surface area contributed by atoms with E-state index in [1.807, 2.05) is 64.1 Å². The van der Waals surface area contributed by atoms with Crippen molar-refractivity contribution in [3.63, 3.8) is 0 Å². The molecule has 16 heteroatoms. The van der Waals surface area contributed by atoms with Crippen LogP contribution in [0.25, 0.3) is 21.9 Å². The smallest absolute Gasteiger partial charge is 0.495 e. The van der Waals surface area contributed by atoms with E-state index in [2.05, 4.69) is 0 Å². The molecule has 0 aliphatic carbocycles. The van der Waals surface area contributed by atoms with Gasteiger partial charge in [-0.2, -0.15) is 0 Å². The molecular formula is C41H39BCl4O11. The molecule has 3 aliphatic rings. The predicted molar refractivity (Wildman–Crippen MR) is 221 cm³/mol. The number of aliphatic hydroxyl groups excluding tert-OH is 1. The van der Waals surface area contributed by atoms with E-state index >= 15 is 0 Å². The zero-order valence-electron chi connectivity index (χ0n) is 32.0. The average Bonchev–Trinajstić information content (AvgIpc) is 4.03. The summed E-state index contributed by atoms with van der Waals surface area (Å²) in [5.41, 5.74) is 2.67. The zero-order valence-corrected chi connectivity index (χ0v) is 35.1. The quantitative estimate of drug-likeness (QED) is 0.170. The number of hydrogen-bond donors (Lipinski definition) is 1. The number of hydrogen-bond acceptors (Lipinski definition) is 11. The summed E-state index contributed by atoms with van der Waals surface area (Å²) in [6.45, 7) is 8.42. The third kappa shape index (κ3) is 8.50. The van der Waals surface area contributed by atoms with E-state index < -0.39 is 13.2 Å². The minimum absolute atomic E-state index is 0.0421. The summed E-state index contributed by atoms with van der Waals surface area (Å²) < 4.78 is 48.0. The highest BCUT2D eigenvalue weighted by Crippen LogP contribution is 2.44. The first kappa shape index (κ1) is 42.3. The molecule has 1 atom stereocenters. The highest BCUT2D eigenvalue weighted by atomic mass is 35.5. The second-order valence-corrected chi connectivity index (χ2v) is 15.3. The van der Waals surface area contributed by atoms with Crippen LogP contribution in [0.2, 0.25) is 20.1 Å². The van der Waals surface area contributed by atoms with E-state index in [1.54, 1.807) is 51.0 Å². The van der Waals surface area contributed by atoms with E-state index in [-0.39, 0.29) is 30.2 Å². The number of aliphatic hydroxyl groups is 1. The molecule has 0 saturated carbocycles. The number of carbonyl (C=O) groups excluding carboxylic acids is 1. The lowest BCUT2D eigenvalue weighted by Crippen LogP contribution is -2.41. The Kier molecular flexibility index (Phi) is 12.9. The van der Waals surface area contributed by atoms with Crippen LogP contribution in [0.5, 0.6) is 28.7 Å². The third-order valence-corrected chi connectivity index (χ3v) is 11.3. The first-order valence-electron chi connectivity index (χ1n) is 17.5. The minimum atomic E-state index is -0.571. The van der Waals surface area contributed by atoms with Crippen LogP contribution in [0.3, 0.4) is 0 Å². The topological polar surface area (TPSA) is 128 Å². The van der Waals surface area contributed by atoms with Crippen molar-refractivity contribution in [3.05, 3.63) is 104 Å². The van der Waals surface area contributed by atoms with Crippen LogP contribution < -0.4 is 29.1 Å². The summed E-state index contributed by atoms with van der Waals surface area (Å²) >= 11 is 24.2. The molecular weight excluding hydrogens is 821 g/mol. The lowest BCUT2D eigenvalue weighted by atomic mass is 9.79. The largest absolute Gasteiger partial charge is 0.496 e. The van der Waals surface area contributed by atoms with Crippen LogP contribution in [0.15, 0.2) is 82.0 Å². The van der Waals surface area contributed by atoms with Crippen molar-refractivity contribution in [2.24, 2.45) is 0 Å². The zero-order chi connectivity index (χ0) is 41.2. The van der Waals surface area contributed by atoms with Gasteiger partial charge in [0.1, 0.15) is 50.8 Å². The monoisotopic (exact) mass is 858 g/mol. The third-order valence-electron chi connectivity index (χ3n) is 9.83. The van der Waals surface area contributed by atoms with E-state index in [1.165, 1.54) is 7.11 Å². The first-order chi connectivity index (χ1) is 27.1. The average molecular weight is 860 g/mol. The number of furan rings is 2. The van der Waals surface area contributed by atoms with Gasteiger partial charge in [-0.05, 0) is 76.2 Å². The maximum Gasteiger partial charge on any atom is 0.496 e. The molecule has 57 heavy (non-hydrogen) atoms.